The van der Waals surface area contributed by atoms with E-state index in [1.807, 2.05) is 0 Å². The fourth-order valence-corrected chi connectivity index (χ4v) is 2.15. The van der Waals surface area contributed by atoms with Gasteiger partial charge in [-0.1, -0.05) is 13.8 Å². The minimum atomic E-state index is -0.980. The molecule has 1 aliphatic carbocycles. The van der Waals surface area contributed by atoms with E-state index in [2.05, 4.69) is 19.2 Å². The Kier molecular flexibility index (Phi) is 4.56. The lowest BCUT2D eigenvalue weighted by Crippen LogP contribution is -2.46. The van der Waals surface area contributed by atoms with Crippen molar-refractivity contribution in [1.82, 2.24) is 5.32 Å². The summed E-state index contributed by atoms with van der Waals surface area (Å²) in [4.78, 5) is 0. The maximum absolute atomic E-state index is 9.66. The summed E-state index contributed by atoms with van der Waals surface area (Å²) in [5, 5.41) is 21.9. The van der Waals surface area contributed by atoms with Crippen LogP contribution in [0.4, 0.5) is 0 Å². The van der Waals surface area contributed by atoms with Gasteiger partial charge in [-0.15, -0.1) is 0 Å². The lowest BCUT2D eigenvalue weighted by atomic mass is 9.79. The maximum Gasteiger partial charge on any atom is 0.0972 e. The number of hydrogen-bond acceptors (Lipinski definition) is 3. The predicted octanol–water partition coefficient (Wildman–Crippen LogP) is 1.14. The molecular formula is C12H25NO2. The Bertz CT molecular complexity index is 194. The van der Waals surface area contributed by atoms with Crippen LogP contribution < -0.4 is 5.32 Å². The molecule has 4 atom stereocenters. The highest BCUT2D eigenvalue weighted by molar-refractivity contribution is 4.83. The summed E-state index contributed by atoms with van der Waals surface area (Å²) >= 11 is 0. The van der Waals surface area contributed by atoms with Crippen LogP contribution in [0.3, 0.4) is 0 Å². The summed E-state index contributed by atoms with van der Waals surface area (Å²) in [7, 11) is 0. The van der Waals surface area contributed by atoms with E-state index in [0.717, 1.165) is 11.8 Å². The number of aliphatic hydroxyl groups excluding tert-OH is 1. The second-order valence-electron chi connectivity index (χ2n) is 5.50. The summed E-state index contributed by atoms with van der Waals surface area (Å²) in [6.07, 6.45) is 3.63. The topological polar surface area (TPSA) is 52.5 Å². The smallest absolute Gasteiger partial charge is 0.0972 e. The van der Waals surface area contributed by atoms with Crippen LogP contribution in [-0.2, 0) is 0 Å². The molecule has 1 rings (SSSR count). The third kappa shape index (κ3) is 4.09. The molecule has 0 heterocycles. The second-order valence-corrected chi connectivity index (χ2v) is 5.50. The quantitative estimate of drug-likeness (QED) is 0.659. The first kappa shape index (κ1) is 12.9. The van der Waals surface area contributed by atoms with Crippen molar-refractivity contribution >= 4 is 0 Å². The van der Waals surface area contributed by atoms with Gasteiger partial charge in [-0.3, -0.25) is 0 Å². The summed E-state index contributed by atoms with van der Waals surface area (Å²) in [5.74, 6) is 1.58. The first-order valence-electron chi connectivity index (χ1n) is 6.01. The van der Waals surface area contributed by atoms with Gasteiger partial charge >= 0.3 is 0 Å². The van der Waals surface area contributed by atoms with Gasteiger partial charge in [0.2, 0.25) is 0 Å². The summed E-state index contributed by atoms with van der Waals surface area (Å²) in [6, 6.07) is 0.509. The van der Waals surface area contributed by atoms with E-state index >= 15 is 0 Å². The van der Waals surface area contributed by atoms with Crippen LogP contribution >= 0.6 is 0 Å². The van der Waals surface area contributed by atoms with E-state index < -0.39 is 5.60 Å². The van der Waals surface area contributed by atoms with E-state index in [-0.39, 0.29) is 6.61 Å². The second kappa shape index (κ2) is 5.28. The number of hydrogen-bond donors (Lipinski definition) is 3. The molecule has 0 aliphatic heterocycles. The Morgan fingerprint density at radius 1 is 1.27 bits per heavy atom. The number of aliphatic hydroxyl groups is 2. The van der Waals surface area contributed by atoms with Crippen LogP contribution in [0.25, 0.3) is 0 Å². The fourth-order valence-electron chi connectivity index (χ4n) is 2.15. The molecule has 0 aromatic carbocycles. The molecule has 0 amide bonds. The van der Waals surface area contributed by atoms with Gasteiger partial charge in [0.15, 0.2) is 0 Å². The molecule has 0 bridgehead atoms. The van der Waals surface area contributed by atoms with Gasteiger partial charge in [0.05, 0.1) is 12.2 Å². The van der Waals surface area contributed by atoms with E-state index in [4.69, 9.17) is 5.11 Å². The lowest BCUT2D eigenvalue weighted by molar-refractivity contribution is -0.00118. The van der Waals surface area contributed by atoms with Gasteiger partial charge in [-0.25, -0.2) is 0 Å². The van der Waals surface area contributed by atoms with Crippen LogP contribution in [0.2, 0.25) is 0 Å². The molecule has 3 N–H and O–H groups in total. The van der Waals surface area contributed by atoms with E-state index in [1.165, 1.54) is 19.3 Å². The minimum Gasteiger partial charge on any atom is -0.393 e. The molecule has 0 aromatic heterocycles. The molecule has 15 heavy (non-hydrogen) atoms. The zero-order valence-corrected chi connectivity index (χ0v) is 10.2. The van der Waals surface area contributed by atoms with Gasteiger partial charge in [0, 0.05) is 12.6 Å². The molecular weight excluding hydrogens is 190 g/mol. The number of rotatable bonds is 4. The molecule has 1 saturated carbocycles. The molecule has 1 aliphatic rings. The predicted molar refractivity (Wildman–Crippen MR) is 61.7 cm³/mol. The van der Waals surface area contributed by atoms with Crippen molar-refractivity contribution in [3.05, 3.63) is 0 Å². The van der Waals surface area contributed by atoms with Crippen molar-refractivity contribution in [3.8, 4) is 0 Å². The average molecular weight is 215 g/mol. The van der Waals surface area contributed by atoms with Crippen molar-refractivity contribution in [2.24, 2.45) is 11.8 Å². The van der Waals surface area contributed by atoms with Crippen LogP contribution in [0.1, 0.15) is 40.0 Å². The van der Waals surface area contributed by atoms with Gasteiger partial charge in [-0.2, -0.15) is 0 Å². The normalized spacial score (nSPS) is 36.2. The molecule has 0 radical (unpaired) electrons. The van der Waals surface area contributed by atoms with Crippen molar-refractivity contribution < 1.29 is 10.2 Å². The number of nitrogens with one attached hydrogen (secondary N) is 1. The minimum absolute atomic E-state index is 0.182. The van der Waals surface area contributed by atoms with Crippen molar-refractivity contribution in [3.63, 3.8) is 0 Å². The largest absolute Gasteiger partial charge is 0.393 e. The maximum atomic E-state index is 9.66. The third-order valence-electron chi connectivity index (χ3n) is 3.71. The van der Waals surface area contributed by atoms with Crippen molar-refractivity contribution in [2.45, 2.75) is 51.7 Å². The summed E-state index contributed by atoms with van der Waals surface area (Å²) < 4.78 is 0. The van der Waals surface area contributed by atoms with E-state index in [9.17, 15) is 5.11 Å². The Balaban J connectivity index is 2.28. The molecule has 4 unspecified atom stereocenters. The Hall–Kier alpha value is -0.120. The third-order valence-corrected chi connectivity index (χ3v) is 3.71. The highest BCUT2D eigenvalue weighted by atomic mass is 16.3. The van der Waals surface area contributed by atoms with Crippen LogP contribution in [-0.4, -0.2) is 35.0 Å². The molecule has 3 nitrogen and oxygen atoms in total. The van der Waals surface area contributed by atoms with E-state index in [0.29, 0.717) is 12.6 Å². The van der Waals surface area contributed by atoms with Crippen LogP contribution in [0.5, 0.6) is 0 Å². The SMILES string of the molecule is CC1CCC(NCC(C)(O)CO)CC1C. The lowest BCUT2D eigenvalue weighted by Gasteiger charge is -2.34. The van der Waals surface area contributed by atoms with E-state index in [1.54, 1.807) is 6.92 Å². The fraction of sp³-hybridized carbons (Fsp3) is 1.00. The summed E-state index contributed by atoms with van der Waals surface area (Å²) in [5.41, 5.74) is -0.980. The first-order chi connectivity index (χ1) is 6.94. The zero-order valence-electron chi connectivity index (χ0n) is 10.2. The molecule has 3 heteroatoms. The average Bonchev–Trinajstić information content (AvgIpc) is 2.20. The Morgan fingerprint density at radius 3 is 2.47 bits per heavy atom. The Morgan fingerprint density at radius 2 is 1.93 bits per heavy atom. The Labute approximate surface area is 92.9 Å². The molecule has 0 saturated heterocycles. The van der Waals surface area contributed by atoms with Gasteiger partial charge in [-0.05, 0) is 38.0 Å². The molecule has 0 spiro atoms. The summed E-state index contributed by atoms with van der Waals surface area (Å²) in [6.45, 7) is 6.57. The van der Waals surface area contributed by atoms with Crippen molar-refractivity contribution in [2.75, 3.05) is 13.2 Å². The van der Waals surface area contributed by atoms with Gasteiger partial charge in [0.25, 0.3) is 0 Å². The van der Waals surface area contributed by atoms with Gasteiger partial charge < -0.3 is 15.5 Å². The van der Waals surface area contributed by atoms with Crippen molar-refractivity contribution in [1.29, 1.82) is 0 Å². The highest BCUT2D eigenvalue weighted by Crippen LogP contribution is 2.29. The molecule has 90 valence electrons. The zero-order chi connectivity index (χ0) is 11.5. The van der Waals surface area contributed by atoms with Crippen LogP contribution in [0.15, 0.2) is 0 Å². The first-order valence-corrected chi connectivity index (χ1v) is 6.01. The molecule has 0 aromatic rings. The van der Waals surface area contributed by atoms with Crippen LogP contribution in [0, 0.1) is 11.8 Å². The standard InChI is InChI=1S/C12H25NO2/c1-9-4-5-11(6-10(9)2)13-7-12(3,15)8-14/h9-11,13-15H,4-8H2,1-3H3. The van der Waals surface area contributed by atoms with Gasteiger partial charge in [0.1, 0.15) is 0 Å². The molecule has 1 fully saturated rings. The monoisotopic (exact) mass is 215 g/mol. The highest BCUT2D eigenvalue weighted by Gasteiger charge is 2.26.